The van der Waals surface area contributed by atoms with E-state index in [2.05, 4.69) is 30.0 Å². The number of nitrogens with zero attached hydrogens (tertiary/aromatic N) is 1. The van der Waals surface area contributed by atoms with Crippen LogP contribution in [0.3, 0.4) is 0 Å². The molecule has 3 unspecified atom stereocenters. The Balaban J connectivity index is 1.85. The highest BCUT2D eigenvalue weighted by Crippen LogP contribution is 2.37. The summed E-state index contributed by atoms with van der Waals surface area (Å²) < 4.78 is 5.36. The van der Waals surface area contributed by atoms with Gasteiger partial charge in [0.05, 0.1) is 7.11 Å². The molecule has 1 aromatic carbocycles. The number of ether oxygens (including phenoxy) is 1. The Bertz CT molecular complexity index is 464. The van der Waals surface area contributed by atoms with Gasteiger partial charge in [-0.2, -0.15) is 0 Å². The van der Waals surface area contributed by atoms with Crippen LogP contribution in [0.5, 0.6) is 5.75 Å². The van der Waals surface area contributed by atoms with Crippen molar-refractivity contribution >= 4 is 0 Å². The van der Waals surface area contributed by atoms with Gasteiger partial charge in [0, 0.05) is 25.2 Å². The number of hydrogen-bond donors (Lipinski definition) is 1. The van der Waals surface area contributed by atoms with Crippen molar-refractivity contribution in [3.63, 3.8) is 0 Å². The highest BCUT2D eigenvalue weighted by atomic mass is 16.5. The Labute approximate surface area is 122 Å². The predicted octanol–water partition coefficient (Wildman–Crippen LogP) is 2.74. The second kappa shape index (κ2) is 5.74. The average Bonchev–Trinajstić information content (AvgIpc) is 2.45. The molecule has 0 bridgehead atoms. The first kappa shape index (κ1) is 13.9. The Kier molecular flexibility index (Phi) is 3.99. The Hall–Kier alpha value is -1.06. The second-order valence-corrected chi connectivity index (χ2v) is 6.53. The van der Waals surface area contributed by atoms with Crippen LogP contribution in [-0.2, 0) is 6.42 Å². The van der Waals surface area contributed by atoms with Crippen LogP contribution < -0.4 is 10.5 Å². The summed E-state index contributed by atoms with van der Waals surface area (Å²) in [5.74, 6) is 1.69. The SMILES string of the molecule is COc1ccc2c(c1)CCCC2N1CC(C)CC(N)C1. The van der Waals surface area contributed by atoms with Gasteiger partial charge in [-0.3, -0.25) is 4.90 Å². The maximum Gasteiger partial charge on any atom is 0.119 e. The van der Waals surface area contributed by atoms with Crippen LogP contribution in [0.1, 0.15) is 43.4 Å². The molecule has 3 rings (SSSR count). The maximum atomic E-state index is 6.23. The van der Waals surface area contributed by atoms with Crippen LogP contribution in [0, 0.1) is 5.92 Å². The summed E-state index contributed by atoms with van der Waals surface area (Å²) in [7, 11) is 1.74. The van der Waals surface area contributed by atoms with Gasteiger partial charge in [-0.05, 0) is 54.9 Å². The van der Waals surface area contributed by atoms with E-state index in [9.17, 15) is 0 Å². The second-order valence-electron chi connectivity index (χ2n) is 6.53. The molecule has 1 fully saturated rings. The van der Waals surface area contributed by atoms with Crippen molar-refractivity contribution in [3.8, 4) is 5.75 Å². The summed E-state index contributed by atoms with van der Waals surface area (Å²) in [6.45, 7) is 4.55. The van der Waals surface area contributed by atoms with Gasteiger partial charge in [0.2, 0.25) is 0 Å². The van der Waals surface area contributed by atoms with E-state index < -0.39 is 0 Å². The molecule has 2 aliphatic rings. The molecule has 0 radical (unpaired) electrons. The number of aryl methyl sites for hydroxylation is 1. The number of hydrogen-bond acceptors (Lipinski definition) is 3. The summed E-state index contributed by atoms with van der Waals surface area (Å²) in [4.78, 5) is 2.61. The normalized spacial score (nSPS) is 30.9. The van der Waals surface area contributed by atoms with Crippen molar-refractivity contribution in [1.29, 1.82) is 0 Å². The summed E-state index contributed by atoms with van der Waals surface area (Å²) in [6, 6.07) is 7.48. The highest BCUT2D eigenvalue weighted by Gasteiger charge is 2.31. The quantitative estimate of drug-likeness (QED) is 0.901. The van der Waals surface area contributed by atoms with Crippen molar-refractivity contribution in [2.75, 3.05) is 20.2 Å². The first-order chi connectivity index (χ1) is 9.67. The summed E-state index contributed by atoms with van der Waals surface area (Å²) in [5, 5.41) is 0. The molecule has 1 aromatic rings. The lowest BCUT2D eigenvalue weighted by molar-refractivity contribution is 0.105. The lowest BCUT2D eigenvalue weighted by atomic mass is 9.84. The van der Waals surface area contributed by atoms with Gasteiger partial charge in [-0.1, -0.05) is 13.0 Å². The van der Waals surface area contributed by atoms with E-state index in [0.717, 1.165) is 12.3 Å². The minimum absolute atomic E-state index is 0.336. The maximum absolute atomic E-state index is 6.23. The number of likely N-dealkylation sites (tertiary alicyclic amines) is 1. The van der Waals surface area contributed by atoms with Crippen LogP contribution in [0.25, 0.3) is 0 Å². The minimum atomic E-state index is 0.336. The molecule has 2 N–H and O–H groups in total. The van der Waals surface area contributed by atoms with E-state index in [1.807, 2.05) is 0 Å². The van der Waals surface area contributed by atoms with Crippen molar-refractivity contribution in [3.05, 3.63) is 29.3 Å². The molecule has 1 aliphatic carbocycles. The van der Waals surface area contributed by atoms with Crippen LogP contribution >= 0.6 is 0 Å². The lowest BCUT2D eigenvalue weighted by Crippen LogP contribution is -2.48. The van der Waals surface area contributed by atoms with Crippen LogP contribution in [-0.4, -0.2) is 31.1 Å². The third-order valence-corrected chi connectivity index (χ3v) is 4.79. The zero-order chi connectivity index (χ0) is 14.1. The van der Waals surface area contributed by atoms with Gasteiger partial charge in [0.15, 0.2) is 0 Å². The molecule has 110 valence electrons. The van der Waals surface area contributed by atoms with Gasteiger partial charge in [-0.25, -0.2) is 0 Å². The van der Waals surface area contributed by atoms with E-state index in [-0.39, 0.29) is 0 Å². The van der Waals surface area contributed by atoms with Crippen molar-refractivity contribution in [1.82, 2.24) is 4.90 Å². The molecule has 3 heteroatoms. The number of nitrogens with two attached hydrogens (primary N) is 1. The molecular weight excluding hydrogens is 248 g/mol. The van der Waals surface area contributed by atoms with E-state index in [0.29, 0.717) is 18.0 Å². The fourth-order valence-electron chi connectivity index (χ4n) is 3.97. The average molecular weight is 274 g/mol. The van der Waals surface area contributed by atoms with E-state index in [1.54, 1.807) is 7.11 Å². The van der Waals surface area contributed by atoms with Crippen molar-refractivity contribution in [2.24, 2.45) is 11.7 Å². The molecular formula is C17H26N2O. The summed E-state index contributed by atoms with van der Waals surface area (Å²) in [6.07, 6.45) is 4.88. The standard InChI is InChI=1S/C17H26N2O/c1-12-8-14(18)11-19(10-12)17-5-3-4-13-9-15(20-2)6-7-16(13)17/h6-7,9,12,14,17H,3-5,8,10-11,18H2,1-2H3. The van der Waals surface area contributed by atoms with Gasteiger partial charge in [-0.15, -0.1) is 0 Å². The van der Waals surface area contributed by atoms with E-state index in [4.69, 9.17) is 10.5 Å². The molecule has 0 amide bonds. The largest absolute Gasteiger partial charge is 0.497 e. The van der Waals surface area contributed by atoms with E-state index in [1.165, 1.54) is 43.4 Å². The monoisotopic (exact) mass is 274 g/mol. The molecule has 1 aliphatic heterocycles. The van der Waals surface area contributed by atoms with Crippen LogP contribution in [0.2, 0.25) is 0 Å². The Morgan fingerprint density at radius 3 is 2.90 bits per heavy atom. The Morgan fingerprint density at radius 1 is 1.30 bits per heavy atom. The molecule has 0 saturated carbocycles. The third kappa shape index (κ3) is 2.70. The van der Waals surface area contributed by atoms with Crippen LogP contribution in [0.4, 0.5) is 0 Å². The lowest BCUT2D eigenvalue weighted by Gasteiger charge is -2.42. The Morgan fingerprint density at radius 2 is 2.15 bits per heavy atom. The summed E-state index contributed by atoms with van der Waals surface area (Å²) in [5.41, 5.74) is 9.19. The van der Waals surface area contributed by atoms with Crippen molar-refractivity contribution in [2.45, 2.75) is 44.7 Å². The molecule has 0 aromatic heterocycles. The molecule has 1 heterocycles. The van der Waals surface area contributed by atoms with E-state index >= 15 is 0 Å². The number of benzene rings is 1. The van der Waals surface area contributed by atoms with Gasteiger partial charge in [0.25, 0.3) is 0 Å². The number of rotatable bonds is 2. The number of methoxy groups -OCH3 is 1. The molecule has 3 atom stereocenters. The zero-order valence-corrected chi connectivity index (χ0v) is 12.6. The number of piperidine rings is 1. The minimum Gasteiger partial charge on any atom is -0.497 e. The van der Waals surface area contributed by atoms with Gasteiger partial charge < -0.3 is 10.5 Å². The highest BCUT2D eigenvalue weighted by molar-refractivity contribution is 5.39. The first-order valence-electron chi connectivity index (χ1n) is 7.84. The van der Waals surface area contributed by atoms with Gasteiger partial charge >= 0.3 is 0 Å². The fraction of sp³-hybridized carbons (Fsp3) is 0.647. The third-order valence-electron chi connectivity index (χ3n) is 4.79. The number of fused-ring (bicyclic) bond motifs is 1. The molecule has 0 spiro atoms. The smallest absolute Gasteiger partial charge is 0.119 e. The molecule has 20 heavy (non-hydrogen) atoms. The summed E-state index contributed by atoms with van der Waals surface area (Å²) >= 11 is 0. The first-order valence-corrected chi connectivity index (χ1v) is 7.84. The van der Waals surface area contributed by atoms with Crippen LogP contribution in [0.15, 0.2) is 18.2 Å². The fourth-order valence-corrected chi connectivity index (χ4v) is 3.97. The topological polar surface area (TPSA) is 38.5 Å². The molecule has 3 nitrogen and oxygen atoms in total. The van der Waals surface area contributed by atoms with Gasteiger partial charge in [0.1, 0.15) is 5.75 Å². The zero-order valence-electron chi connectivity index (χ0n) is 12.6. The predicted molar refractivity (Wildman–Crippen MR) is 82.0 cm³/mol. The van der Waals surface area contributed by atoms with Crippen molar-refractivity contribution < 1.29 is 4.74 Å². The molecule has 1 saturated heterocycles.